The van der Waals surface area contributed by atoms with E-state index in [1.54, 1.807) is 24.5 Å². The Bertz CT molecular complexity index is 1020. The van der Waals surface area contributed by atoms with Crippen LogP contribution in [0.5, 0.6) is 5.75 Å². The maximum absolute atomic E-state index is 11.4. The fourth-order valence-corrected chi connectivity index (χ4v) is 2.78. The van der Waals surface area contributed by atoms with Crippen molar-refractivity contribution in [3.05, 3.63) is 71.5 Å². The average molecular weight is 346 g/mol. The van der Waals surface area contributed by atoms with Crippen molar-refractivity contribution in [2.45, 2.75) is 25.9 Å². The Kier molecular flexibility index (Phi) is 4.59. The monoisotopic (exact) mass is 346 g/mol. The lowest BCUT2D eigenvalue weighted by atomic mass is 9.96. The molecule has 0 aliphatic heterocycles. The second kappa shape index (κ2) is 6.85. The zero-order chi connectivity index (χ0) is 18.7. The van der Waals surface area contributed by atoms with Crippen LogP contribution in [0.2, 0.25) is 0 Å². The van der Waals surface area contributed by atoms with E-state index in [0.717, 1.165) is 21.9 Å². The van der Waals surface area contributed by atoms with Gasteiger partial charge in [0.05, 0.1) is 11.6 Å². The lowest BCUT2D eigenvalue weighted by Crippen LogP contribution is -2.38. The number of benzene rings is 2. The highest BCUT2D eigenvalue weighted by molar-refractivity contribution is 5.90. The summed E-state index contributed by atoms with van der Waals surface area (Å²) in [5.41, 5.74) is 1.09. The van der Waals surface area contributed by atoms with Gasteiger partial charge in [0, 0.05) is 24.4 Å². The van der Waals surface area contributed by atoms with Gasteiger partial charge < -0.3 is 9.84 Å². The minimum atomic E-state index is -1.34. The zero-order valence-corrected chi connectivity index (χ0v) is 14.6. The number of hydrogen-bond acceptors (Lipinski definition) is 4. The van der Waals surface area contributed by atoms with Crippen LogP contribution < -0.4 is 4.74 Å². The van der Waals surface area contributed by atoms with Crippen molar-refractivity contribution in [3.63, 3.8) is 0 Å². The van der Waals surface area contributed by atoms with Crippen LogP contribution in [0.4, 0.5) is 0 Å². The minimum Gasteiger partial charge on any atom is -0.478 e. The molecule has 1 N–H and O–H groups in total. The molecule has 1 aromatic heterocycles. The van der Waals surface area contributed by atoms with Gasteiger partial charge in [-0.25, -0.2) is 4.79 Å². The number of carbonyl (C=O) groups is 1. The van der Waals surface area contributed by atoms with Crippen molar-refractivity contribution in [1.82, 2.24) is 4.98 Å². The molecule has 2 aromatic carbocycles. The number of hydrogen-bond donors (Lipinski definition) is 1. The number of ether oxygens (including phenoxy) is 1. The van der Waals surface area contributed by atoms with Crippen molar-refractivity contribution in [1.29, 1.82) is 5.26 Å². The summed E-state index contributed by atoms with van der Waals surface area (Å²) in [6.07, 6.45) is 3.78. The summed E-state index contributed by atoms with van der Waals surface area (Å²) in [5.74, 6) is -0.551. The summed E-state index contributed by atoms with van der Waals surface area (Å²) >= 11 is 0. The molecule has 0 aliphatic rings. The summed E-state index contributed by atoms with van der Waals surface area (Å²) in [4.78, 5) is 15.5. The molecule has 0 atom stereocenters. The Morgan fingerprint density at radius 2 is 1.88 bits per heavy atom. The largest absolute Gasteiger partial charge is 0.478 e. The molecule has 0 aliphatic carbocycles. The van der Waals surface area contributed by atoms with Crippen molar-refractivity contribution in [2.24, 2.45) is 0 Å². The van der Waals surface area contributed by atoms with Gasteiger partial charge in [0.1, 0.15) is 5.75 Å². The second-order valence-corrected chi connectivity index (χ2v) is 6.51. The van der Waals surface area contributed by atoms with E-state index in [0.29, 0.717) is 17.7 Å². The summed E-state index contributed by atoms with van der Waals surface area (Å²) in [7, 11) is 0. The highest BCUT2D eigenvalue weighted by atomic mass is 16.5. The number of aliphatic carboxylic acids is 1. The van der Waals surface area contributed by atoms with Crippen LogP contribution in [0.15, 0.2) is 54.9 Å². The van der Waals surface area contributed by atoms with E-state index in [1.807, 2.05) is 30.3 Å². The van der Waals surface area contributed by atoms with Crippen molar-refractivity contribution < 1.29 is 14.6 Å². The van der Waals surface area contributed by atoms with Crippen LogP contribution in [0, 0.1) is 11.3 Å². The highest BCUT2D eigenvalue weighted by Crippen LogP contribution is 2.29. The molecule has 0 fully saturated rings. The Labute approximate surface area is 151 Å². The van der Waals surface area contributed by atoms with Crippen LogP contribution in [0.1, 0.15) is 30.5 Å². The van der Waals surface area contributed by atoms with Gasteiger partial charge in [-0.1, -0.05) is 30.3 Å². The molecule has 0 saturated heterocycles. The predicted octanol–water partition coefficient (Wildman–Crippen LogP) is 3.94. The first-order valence-corrected chi connectivity index (χ1v) is 8.18. The molecule has 5 nitrogen and oxygen atoms in total. The van der Waals surface area contributed by atoms with Crippen molar-refractivity contribution >= 4 is 16.7 Å². The first-order chi connectivity index (χ1) is 12.4. The van der Waals surface area contributed by atoms with Crippen LogP contribution in [-0.2, 0) is 11.2 Å². The lowest BCUT2D eigenvalue weighted by molar-refractivity contribution is -0.152. The zero-order valence-electron chi connectivity index (χ0n) is 14.6. The number of rotatable bonds is 5. The molecular formula is C21H18N2O3. The molecule has 3 rings (SSSR count). The summed E-state index contributed by atoms with van der Waals surface area (Å²) in [6, 6.07) is 15.3. The standard InChI is InChI=1S/C21H18N2O3/c1-21(2,20(24)25)26-19-9-10-23-13-16(19)11-14-7-8-15(12-22)18-6-4-3-5-17(14)18/h3-10,13H,11H2,1-2H3,(H,24,25). The number of nitrogens with zero attached hydrogens (tertiary/aromatic N) is 2. The Morgan fingerprint density at radius 3 is 2.58 bits per heavy atom. The lowest BCUT2D eigenvalue weighted by Gasteiger charge is -2.23. The topological polar surface area (TPSA) is 83.2 Å². The van der Waals surface area contributed by atoms with E-state index in [-0.39, 0.29) is 0 Å². The van der Waals surface area contributed by atoms with E-state index < -0.39 is 11.6 Å². The third-order valence-corrected chi connectivity index (χ3v) is 4.25. The van der Waals surface area contributed by atoms with Crippen LogP contribution in [0.3, 0.4) is 0 Å². The Balaban J connectivity index is 2.02. The van der Waals surface area contributed by atoms with Gasteiger partial charge in [0.15, 0.2) is 5.60 Å². The first kappa shape index (κ1) is 17.4. The van der Waals surface area contributed by atoms with Gasteiger partial charge in [-0.2, -0.15) is 5.26 Å². The summed E-state index contributed by atoms with van der Waals surface area (Å²) < 4.78 is 5.73. The number of carboxylic acid groups (broad SMARTS) is 1. The number of carboxylic acids is 1. The van der Waals surface area contributed by atoms with Gasteiger partial charge in [-0.05, 0) is 42.3 Å². The third kappa shape index (κ3) is 3.35. The SMILES string of the molecule is CC(C)(Oc1ccncc1Cc1ccc(C#N)c2ccccc12)C(=O)O. The molecule has 0 saturated carbocycles. The molecule has 130 valence electrons. The molecule has 0 spiro atoms. The Hall–Kier alpha value is -3.39. The fourth-order valence-electron chi connectivity index (χ4n) is 2.78. The van der Waals surface area contributed by atoms with E-state index in [9.17, 15) is 15.2 Å². The van der Waals surface area contributed by atoms with Gasteiger partial charge in [-0.3, -0.25) is 4.98 Å². The van der Waals surface area contributed by atoms with Crippen molar-refractivity contribution in [3.8, 4) is 11.8 Å². The van der Waals surface area contributed by atoms with E-state index in [2.05, 4.69) is 11.1 Å². The maximum atomic E-state index is 11.4. The van der Waals surface area contributed by atoms with Crippen LogP contribution in [0.25, 0.3) is 10.8 Å². The van der Waals surface area contributed by atoms with Gasteiger partial charge in [0.2, 0.25) is 0 Å². The number of pyridine rings is 1. The molecule has 3 aromatic rings. The summed E-state index contributed by atoms with van der Waals surface area (Å²) in [6.45, 7) is 3.02. The van der Waals surface area contributed by atoms with E-state index in [4.69, 9.17) is 4.74 Å². The van der Waals surface area contributed by atoms with Gasteiger partial charge >= 0.3 is 5.97 Å². The third-order valence-electron chi connectivity index (χ3n) is 4.25. The van der Waals surface area contributed by atoms with Gasteiger partial charge in [-0.15, -0.1) is 0 Å². The second-order valence-electron chi connectivity index (χ2n) is 6.51. The molecule has 26 heavy (non-hydrogen) atoms. The Morgan fingerprint density at radius 1 is 1.15 bits per heavy atom. The van der Waals surface area contributed by atoms with Gasteiger partial charge in [0.25, 0.3) is 0 Å². The highest BCUT2D eigenvalue weighted by Gasteiger charge is 2.30. The van der Waals surface area contributed by atoms with E-state index in [1.165, 1.54) is 13.8 Å². The first-order valence-electron chi connectivity index (χ1n) is 8.18. The normalized spacial score (nSPS) is 11.1. The molecule has 0 unspecified atom stereocenters. The van der Waals surface area contributed by atoms with Crippen molar-refractivity contribution in [2.75, 3.05) is 0 Å². The quantitative estimate of drug-likeness (QED) is 0.756. The van der Waals surface area contributed by atoms with Crippen LogP contribution >= 0.6 is 0 Å². The molecule has 5 heteroatoms. The molecule has 0 radical (unpaired) electrons. The molecule has 0 amide bonds. The number of nitriles is 1. The van der Waals surface area contributed by atoms with Crippen LogP contribution in [-0.4, -0.2) is 21.7 Å². The average Bonchev–Trinajstić information content (AvgIpc) is 2.63. The minimum absolute atomic E-state index is 0.487. The maximum Gasteiger partial charge on any atom is 0.347 e. The smallest absolute Gasteiger partial charge is 0.347 e. The molecular weight excluding hydrogens is 328 g/mol. The number of fused-ring (bicyclic) bond motifs is 1. The number of aromatic nitrogens is 1. The summed E-state index contributed by atoms with van der Waals surface area (Å²) in [5, 5.41) is 20.5. The molecule has 1 heterocycles. The predicted molar refractivity (Wildman–Crippen MR) is 98.0 cm³/mol. The molecule has 0 bridgehead atoms. The fraction of sp³-hybridized carbons (Fsp3) is 0.190. The van der Waals surface area contributed by atoms with E-state index >= 15 is 0 Å².